The summed E-state index contributed by atoms with van der Waals surface area (Å²) in [6.07, 6.45) is -2.66. The Kier molecular flexibility index (Phi) is 2.66. The number of alkyl halides is 3. The number of hydrogen-bond donors (Lipinski definition) is 1. The molecule has 0 saturated heterocycles. The molecule has 0 aliphatic carbocycles. The Hall–Kier alpha value is -1.45. The van der Waals surface area contributed by atoms with E-state index in [2.05, 4.69) is 4.98 Å². The van der Waals surface area contributed by atoms with Gasteiger partial charge in [-0.15, -0.1) is 0 Å². The SMILES string of the molecule is CC[C@@H](c1c[nH]c2ccccc12)C(F)(F)F. The molecule has 1 heterocycles. The highest BCUT2D eigenvalue weighted by atomic mass is 19.4. The van der Waals surface area contributed by atoms with E-state index in [4.69, 9.17) is 0 Å². The van der Waals surface area contributed by atoms with Crippen LogP contribution < -0.4 is 0 Å². The lowest BCUT2D eigenvalue weighted by Gasteiger charge is -2.17. The van der Waals surface area contributed by atoms with Gasteiger partial charge >= 0.3 is 6.18 Å². The normalized spacial score (nSPS) is 14.2. The fourth-order valence-corrected chi connectivity index (χ4v) is 2.01. The van der Waals surface area contributed by atoms with Crippen molar-refractivity contribution < 1.29 is 13.2 Å². The number of aromatic nitrogens is 1. The maximum atomic E-state index is 12.8. The Bertz CT molecular complexity index is 484. The average Bonchev–Trinajstić information content (AvgIpc) is 2.61. The van der Waals surface area contributed by atoms with Crippen molar-refractivity contribution in [3.8, 4) is 0 Å². The molecule has 1 nitrogen and oxygen atoms in total. The highest BCUT2D eigenvalue weighted by Crippen LogP contribution is 2.39. The Labute approximate surface area is 91.3 Å². The number of benzene rings is 1. The third-order valence-corrected chi connectivity index (χ3v) is 2.80. The summed E-state index contributed by atoms with van der Waals surface area (Å²) in [5.74, 6) is -1.39. The summed E-state index contributed by atoms with van der Waals surface area (Å²) in [6, 6.07) is 7.05. The largest absolute Gasteiger partial charge is 0.395 e. The monoisotopic (exact) mass is 227 g/mol. The lowest BCUT2D eigenvalue weighted by Crippen LogP contribution is -2.19. The maximum absolute atomic E-state index is 12.8. The minimum atomic E-state index is -4.18. The van der Waals surface area contributed by atoms with Crippen molar-refractivity contribution in [2.75, 3.05) is 0 Å². The van der Waals surface area contributed by atoms with Crippen LogP contribution in [-0.2, 0) is 0 Å². The molecule has 0 aliphatic heterocycles. The van der Waals surface area contributed by atoms with Crippen LogP contribution >= 0.6 is 0 Å². The summed E-state index contributed by atoms with van der Waals surface area (Å²) < 4.78 is 38.4. The van der Waals surface area contributed by atoms with Gasteiger partial charge in [0.05, 0.1) is 5.92 Å². The van der Waals surface area contributed by atoms with Gasteiger partial charge in [0.2, 0.25) is 0 Å². The van der Waals surface area contributed by atoms with Crippen LogP contribution in [0.5, 0.6) is 0 Å². The van der Waals surface area contributed by atoms with Gasteiger partial charge in [0.15, 0.2) is 0 Å². The molecule has 0 aliphatic rings. The zero-order valence-corrected chi connectivity index (χ0v) is 8.81. The first-order chi connectivity index (χ1) is 7.54. The van der Waals surface area contributed by atoms with Crippen molar-refractivity contribution in [2.45, 2.75) is 25.4 Å². The van der Waals surface area contributed by atoms with E-state index < -0.39 is 12.1 Å². The van der Waals surface area contributed by atoms with Gasteiger partial charge < -0.3 is 4.98 Å². The van der Waals surface area contributed by atoms with Crippen LogP contribution in [0.3, 0.4) is 0 Å². The van der Waals surface area contributed by atoms with E-state index in [1.807, 2.05) is 0 Å². The molecule has 16 heavy (non-hydrogen) atoms. The second kappa shape index (κ2) is 3.85. The van der Waals surface area contributed by atoms with Gasteiger partial charge in [-0.2, -0.15) is 13.2 Å². The zero-order chi connectivity index (χ0) is 11.8. The van der Waals surface area contributed by atoms with Crippen LogP contribution in [0.15, 0.2) is 30.5 Å². The molecule has 1 atom stereocenters. The summed E-state index contributed by atoms with van der Waals surface area (Å²) in [7, 11) is 0. The maximum Gasteiger partial charge on any atom is 0.395 e. The van der Waals surface area contributed by atoms with Crippen molar-refractivity contribution >= 4 is 10.9 Å². The van der Waals surface area contributed by atoms with Crippen LogP contribution in [0.25, 0.3) is 10.9 Å². The standard InChI is InChI=1S/C12H12F3N/c1-2-10(12(13,14)15)9-7-16-11-6-4-3-5-8(9)11/h3-7,10,16H,2H2,1H3/t10-/m0/s1. The van der Waals surface area contributed by atoms with Crippen LogP contribution in [-0.4, -0.2) is 11.2 Å². The van der Waals surface area contributed by atoms with Crippen molar-refractivity contribution in [1.29, 1.82) is 0 Å². The smallest absolute Gasteiger partial charge is 0.361 e. The first-order valence-corrected chi connectivity index (χ1v) is 5.16. The molecule has 0 spiro atoms. The van der Waals surface area contributed by atoms with Crippen molar-refractivity contribution in [1.82, 2.24) is 4.98 Å². The van der Waals surface area contributed by atoms with E-state index in [1.165, 1.54) is 6.20 Å². The summed E-state index contributed by atoms with van der Waals surface area (Å²) in [6.45, 7) is 1.56. The third-order valence-electron chi connectivity index (χ3n) is 2.80. The first kappa shape index (κ1) is 11.0. The number of fused-ring (bicyclic) bond motifs is 1. The Balaban J connectivity index is 2.54. The molecule has 86 valence electrons. The molecular weight excluding hydrogens is 215 g/mol. The Morgan fingerprint density at radius 2 is 1.94 bits per heavy atom. The summed E-state index contributed by atoms with van der Waals surface area (Å²) in [5.41, 5.74) is 1.09. The third kappa shape index (κ3) is 1.79. The molecule has 0 bridgehead atoms. The molecular formula is C12H12F3N. The number of H-pyrrole nitrogens is 1. The number of rotatable bonds is 2. The zero-order valence-electron chi connectivity index (χ0n) is 8.81. The number of halogens is 3. The van der Waals surface area contributed by atoms with Gasteiger partial charge in [-0.1, -0.05) is 25.1 Å². The van der Waals surface area contributed by atoms with Crippen molar-refractivity contribution in [2.24, 2.45) is 0 Å². The Morgan fingerprint density at radius 3 is 2.56 bits per heavy atom. The van der Waals surface area contributed by atoms with Crippen molar-refractivity contribution in [3.05, 3.63) is 36.0 Å². The number of para-hydroxylation sites is 1. The van der Waals surface area contributed by atoms with E-state index in [0.717, 1.165) is 5.52 Å². The van der Waals surface area contributed by atoms with Crippen molar-refractivity contribution in [3.63, 3.8) is 0 Å². The molecule has 1 N–H and O–H groups in total. The van der Waals surface area contributed by atoms with Gasteiger partial charge in [0.1, 0.15) is 0 Å². The molecule has 0 unspecified atom stereocenters. The Morgan fingerprint density at radius 1 is 1.25 bits per heavy atom. The highest BCUT2D eigenvalue weighted by molar-refractivity contribution is 5.83. The van der Waals surface area contributed by atoms with E-state index in [-0.39, 0.29) is 6.42 Å². The van der Waals surface area contributed by atoms with Gasteiger partial charge in [-0.3, -0.25) is 0 Å². The summed E-state index contributed by atoms with van der Waals surface area (Å²) >= 11 is 0. The molecule has 4 heteroatoms. The molecule has 1 aromatic carbocycles. The van der Waals surface area contributed by atoms with E-state index in [9.17, 15) is 13.2 Å². The lowest BCUT2D eigenvalue weighted by molar-refractivity contribution is -0.150. The molecule has 2 rings (SSSR count). The first-order valence-electron chi connectivity index (χ1n) is 5.16. The average molecular weight is 227 g/mol. The molecule has 0 fully saturated rings. The molecule has 0 saturated carbocycles. The second-order valence-electron chi connectivity index (χ2n) is 3.79. The van der Waals surface area contributed by atoms with Gasteiger partial charge in [0, 0.05) is 17.1 Å². The molecule has 2 aromatic rings. The number of nitrogens with one attached hydrogen (secondary N) is 1. The fraction of sp³-hybridized carbons (Fsp3) is 0.333. The van der Waals surface area contributed by atoms with E-state index >= 15 is 0 Å². The second-order valence-corrected chi connectivity index (χ2v) is 3.79. The van der Waals surface area contributed by atoms with Crippen LogP contribution in [0.4, 0.5) is 13.2 Å². The van der Waals surface area contributed by atoms with Gasteiger partial charge in [0.25, 0.3) is 0 Å². The minimum Gasteiger partial charge on any atom is -0.361 e. The predicted molar refractivity (Wildman–Crippen MR) is 57.4 cm³/mol. The lowest BCUT2D eigenvalue weighted by atomic mass is 9.95. The van der Waals surface area contributed by atoms with Crippen LogP contribution in [0.1, 0.15) is 24.8 Å². The predicted octanol–water partition coefficient (Wildman–Crippen LogP) is 4.22. The topological polar surface area (TPSA) is 15.8 Å². The molecule has 1 aromatic heterocycles. The van der Waals surface area contributed by atoms with Crippen LogP contribution in [0, 0.1) is 0 Å². The summed E-state index contributed by atoms with van der Waals surface area (Å²) in [4.78, 5) is 2.88. The van der Waals surface area contributed by atoms with Crippen LogP contribution in [0.2, 0.25) is 0 Å². The number of hydrogen-bond acceptors (Lipinski definition) is 0. The van der Waals surface area contributed by atoms with Gasteiger partial charge in [-0.05, 0) is 18.1 Å². The molecule has 0 amide bonds. The quantitative estimate of drug-likeness (QED) is 0.790. The van der Waals surface area contributed by atoms with Gasteiger partial charge in [-0.25, -0.2) is 0 Å². The fourth-order valence-electron chi connectivity index (χ4n) is 2.01. The van der Waals surface area contributed by atoms with E-state index in [1.54, 1.807) is 31.2 Å². The minimum absolute atomic E-state index is 0.0609. The highest BCUT2D eigenvalue weighted by Gasteiger charge is 2.40. The summed E-state index contributed by atoms with van der Waals surface area (Å²) in [5, 5.41) is 0.659. The number of aromatic amines is 1. The van der Waals surface area contributed by atoms with E-state index in [0.29, 0.717) is 10.9 Å². The molecule has 0 radical (unpaired) electrons.